The number of aliphatic hydroxyl groups is 3. The molecule has 10 atom stereocenters. The Labute approximate surface area is 165 Å². The van der Waals surface area contributed by atoms with Gasteiger partial charge in [0.25, 0.3) is 0 Å². The van der Waals surface area contributed by atoms with Crippen LogP contribution in [0.1, 0.15) is 85.5 Å². The quantitative estimate of drug-likeness (QED) is 0.654. The summed E-state index contributed by atoms with van der Waals surface area (Å²) in [4.78, 5) is 0. The fraction of sp³-hybridized carbons (Fsp3) is 0.958. The molecule has 0 spiro atoms. The Morgan fingerprint density at radius 1 is 1.11 bits per heavy atom. The normalized spacial score (nSPS) is 54.1. The molecule has 155 valence electrons. The molecule has 4 saturated carbocycles. The number of hydrogen-bond acceptors (Lipinski definition) is 3. The smallest absolute Gasteiger partial charge is 0.0936 e. The van der Waals surface area contributed by atoms with Crippen molar-refractivity contribution in [2.75, 3.05) is 0 Å². The summed E-state index contributed by atoms with van der Waals surface area (Å²) in [6, 6.07) is 0. The Balaban J connectivity index is 1.66. The van der Waals surface area contributed by atoms with Crippen LogP contribution in [-0.2, 0) is 0 Å². The minimum absolute atomic E-state index is 0.0388. The molecule has 27 heavy (non-hydrogen) atoms. The molecule has 0 aromatic rings. The highest BCUT2D eigenvalue weighted by Gasteiger charge is 2.65. The second-order valence-corrected chi connectivity index (χ2v) is 11.1. The Bertz CT molecular complexity index is 550. The molecule has 0 heterocycles. The van der Waals surface area contributed by atoms with E-state index in [1.165, 1.54) is 25.7 Å². The number of hydrogen-bond donors (Lipinski definition) is 3. The lowest BCUT2D eigenvalue weighted by molar-refractivity contribution is -0.202. The molecule has 0 aromatic carbocycles. The van der Waals surface area contributed by atoms with Crippen molar-refractivity contribution < 1.29 is 15.3 Å². The second-order valence-electron chi connectivity index (χ2n) is 11.1. The maximum Gasteiger partial charge on any atom is 0.0936 e. The summed E-state index contributed by atoms with van der Waals surface area (Å²) in [7, 11) is 0. The highest BCUT2D eigenvalue weighted by Crippen LogP contribution is 2.68. The third-order valence-electron chi connectivity index (χ3n) is 10.1. The zero-order valence-corrected chi connectivity index (χ0v) is 17.8. The van der Waals surface area contributed by atoms with Crippen molar-refractivity contribution >= 4 is 0 Å². The summed E-state index contributed by atoms with van der Waals surface area (Å²) in [5.74, 6) is 2.78. The Kier molecular flexibility index (Phi) is 5.22. The average molecular weight is 378 g/mol. The number of rotatable bonds is 3. The lowest BCUT2D eigenvalue weighted by Gasteiger charge is -2.63. The van der Waals surface area contributed by atoms with Crippen LogP contribution >= 0.6 is 0 Å². The van der Waals surface area contributed by atoms with Crippen LogP contribution in [0, 0.1) is 52.4 Å². The van der Waals surface area contributed by atoms with Gasteiger partial charge in [-0.1, -0.05) is 40.5 Å². The molecule has 0 saturated heterocycles. The lowest BCUT2D eigenvalue weighted by Crippen LogP contribution is -2.62. The van der Waals surface area contributed by atoms with Crippen LogP contribution in [-0.4, -0.2) is 27.5 Å². The van der Waals surface area contributed by atoms with E-state index in [0.29, 0.717) is 41.6 Å². The zero-order chi connectivity index (χ0) is 19.6. The Hall–Kier alpha value is -0.120. The molecule has 0 aromatic heterocycles. The van der Waals surface area contributed by atoms with Gasteiger partial charge < -0.3 is 15.3 Å². The van der Waals surface area contributed by atoms with Gasteiger partial charge in [-0.3, -0.25) is 0 Å². The van der Waals surface area contributed by atoms with Crippen molar-refractivity contribution in [3.05, 3.63) is 6.10 Å². The van der Waals surface area contributed by atoms with Crippen molar-refractivity contribution in [3.63, 3.8) is 0 Å². The fourth-order valence-electron chi connectivity index (χ4n) is 8.62. The highest BCUT2D eigenvalue weighted by atomic mass is 16.3. The first-order valence-electron chi connectivity index (χ1n) is 11.6. The molecule has 4 aliphatic rings. The van der Waals surface area contributed by atoms with E-state index in [4.69, 9.17) is 0 Å². The van der Waals surface area contributed by atoms with E-state index in [-0.39, 0.29) is 23.0 Å². The fourth-order valence-corrected chi connectivity index (χ4v) is 8.62. The van der Waals surface area contributed by atoms with Gasteiger partial charge in [0.05, 0.1) is 18.3 Å². The van der Waals surface area contributed by atoms with Crippen molar-refractivity contribution in [3.8, 4) is 0 Å². The van der Waals surface area contributed by atoms with E-state index in [9.17, 15) is 15.3 Å². The molecule has 0 unspecified atom stereocenters. The van der Waals surface area contributed by atoms with E-state index < -0.39 is 0 Å². The number of aliphatic hydroxyl groups excluding tert-OH is 3. The van der Waals surface area contributed by atoms with Crippen LogP contribution in [0.5, 0.6) is 0 Å². The van der Waals surface area contributed by atoms with E-state index in [1.54, 1.807) is 0 Å². The molecule has 0 aliphatic heterocycles. The van der Waals surface area contributed by atoms with Crippen LogP contribution in [0.2, 0.25) is 0 Å². The molecule has 1 radical (unpaired) electrons. The molecule has 0 amide bonds. The largest absolute Gasteiger partial charge is 0.393 e. The minimum atomic E-state index is -0.268. The summed E-state index contributed by atoms with van der Waals surface area (Å²) in [6.07, 6.45) is 9.19. The Morgan fingerprint density at radius 2 is 1.85 bits per heavy atom. The van der Waals surface area contributed by atoms with Crippen molar-refractivity contribution in [2.45, 2.75) is 97.7 Å². The van der Waals surface area contributed by atoms with E-state index >= 15 is 0 Å². The van der Waals surface area contributed by atoms with Crippen molar-refractivity contribution in [2.24, 2.45) is 46.3 Å². The maximum atomic E-state index is 11.5. The van der Waals surface area contributed by atoms with Crippen LogP contribution < -0.4 is 0 Å². The topological polar surface area (TPSA) is 60.7 Å². The van der Waals surface area contributed by atoms with Crippen LogP contribution in [0.15, 0.2) is 0 Å². The summed E-state index contributed by atoms with van der Waals surface area (Å²) in [6.45, 7) is 9.40. The van der Waals surface area contributed by atoms with Gasteiger partial charge in [0.2, 0.25) is 0 Å². The van der Waals surface area contributed by atoms with Gasteiger partial charge >= 0.3 is 0 Å². The standard InChI is InChI=1S/C24H41O3/c1-5-6-14(2)17-7-8-18-22-19(13-21(27)24(17,18)4)23(3)10-9-16(25)11-15(23)12-20(22)26/h14-15,17-22,25-27H,5-13H2,1-4H3/t14-,15+,17-,18+,19+,20-,21+,22+,23+,24-/m1/s1. The third kappa shape index (κ3) is 2.86. The average Bonchev–Trinajstić information content (AvgIpc) is 2.96. The van der Waals surface area contributed by atoms with E-state index in [0.717, 1.165) is 32.1 Å². The van der Waals surface area contributed by atoms with Gasteiger partial charge in [0.1, 0.15) is 0 Å². The Morgan fingerprint density at radius 3 is 2.56 bits per heavy atom. The van der Waals surface area contributed by atoms with E-state index in [1.807, 2.05) is 0 Å². The predicted octanol–water partition coefficient (Wildman–Crippen LogP) is 4.93. The number of fused-ring (bicyclic) bond motifs is 5. The monoisotopic (exact) mass is 377 g/mol. The molecule has 3 heteroatoms. The van der Waals surface area contributed by atoms with Gasteiger partial charge in [0, 0.05) is 0 Å². The molecule has 0 bridgehead atoms. The lowest BCUT2D eigenvalue weighted by atomic mass is 9.43. The molecule has 4 rings (SSSR count). The molecule has 4 fully saturated rings. The molecule has 4 aliphatic carbocycles. The zero-order valence-electron chi connectivity index (χ0n) is 17.8. The molecule has 3 nitrogen and oxygen atoms in total. The first-order chi connectivity index (χ1) is 12.7. The molecular formula is C24H41O3. The molecule has 3 N–H and O–H groups in total. The SMILES string of the molecule is CCC[C@@H](C)[C@H]1CC[C@H]2[C@@H]3[C@H](O)C[C@@H]4C[C](O)CC[C@]4(C)[C@H]3C[C@H](O)[C@]12C. The summed E-state index contributed by atoms with van der Waals surface area (Å²) in [5, 5.41) is 32.8. The van der Waals surface area contributed by atoms with Crippen LogP contribution in [0.3, 0.4) is 0 Å². The second kappa shape index (κ2) is 6.99. The van der Waals surface area contributed by atoms with Gasteiger partial charge in [-0.05, 0) is 91.3 Å². The van der Waals surface area contributed by atoms with Gasteiger partial charge in [-0.25, -0.2) is 0 Å². The summed E-state index contributed by atoms with van der Waals surface area (Å²) in [5.41, 5.74) is 0.119. The summed E-state index contributed by atoms with van der Waals surface area (Å²) < 4.78 is 0. The van der Waals surface area contributed by atoms with Crippen LogP contribution in [0.25, 0.3) is 0 Å². The molecular weight excluding hydrogens is 336 g/mol. The van der Waals surface area contributed by atoms with Gasteiger partial charge in [-0.2, -0.15) is 0 Å². The summed E-state index contributed by atoms with van der Waals surface area (Å²) >= 11 is 0. The first kappa shape index (κ1) is 20.2. The van der Waals surface area contributed by atoms with Crippen LogP contribution in [0.4, 0.5) is 0 Å². The predicted molar refractivity (Wildman–Crippen MR) is 107 cm³/mol. The maximum absolute atomic E-state index is 11.5. The van der Waals surface area contributed by atoms with Gasteiger partial charge in [0.15, 0.2) is 0 Å². The van der Waals surface area contributed by atoms with E-state index in [2.05, 4.69) is 27.7 Å². The first-order valence-corrected chi connectivity index (χ1v) is 11.6. The third-order valence-corrected chi connectivity index (χ3v) is 10.1. The van der Waals surface area contributed by atoms with Gasteiger partial charge in [-0.15, -0.1) is 0 Å². The minimum Gasteiger partial charge on any atom is -0.393 e. The highest BCUT2D eigenvalue weighted by molar-refractivity contribution is 5.15. The van der Waals surface area contributed by atoms with Crippen molar-refractivity contribution in [1.82, 2.24) is 0 Å². The van der Waals surface area contributed by atoms with Crippen molar-refractivity contribution in [1.29, 1.82) is 0 Å².